The zero-order valence-electron chi connectivity index (χ0n) is 21.0. The molecule has 0 amide bonds. The van der Waals surface area contributed by atoms with E-state index >= 15 is 0 Å². The first-order chi connectivity index (χ1) is 17.3. The maximum absolute atomic E-state index is 13.3. The minimum atomic E-state index is -3.60. The maximum atomic E-state index is 13.3. The first-order valence-electron chi connectivity index (χ1n) is 12.1. The van der Waals surface area contributed by atoms with Crippen molar-refractivity contribution < 1.29 is 13.2 Å². The molecular weight excluding hydrogens is 478 g/mol. The van der Waals surface area contributed by atoms with E-state index in [-0.39, 0.29) is 10.9 Å². The molecule has 11 heteroatoms. The van der Waals surface area contributed by atoms with Crippen molar-refractivity contribution in [2.75, 3.05) is 31.6 Å². The van der Waals surface area contributed by atoms with E-state index < -0.39 is 10.0 Å². The summed E-state index contributed by atoms with van der Waals surface area (Å²) in [5.41, 5.74) is 4.04. The average molecular weight is 510 g/mol. The molecule has 1 saturated heterocycles. The maximum Gasteiger partial charge on any atom is 0.246 e. The van der Waals surface area contributed by atoms with Gasteiger partial charge in [-0.3, -0.25) is 4.68 Å². The van der Waals surface area contributed by atoms with Crippen LogP contribution in [0.1, 0.15) is 25.8 Å². The Labute approximate surface area is 211 Å². The van der Waals surface area contributed by atoms with Gasteiger partial charge in [0, 0.05) is 55.6 Å². The molecule has 5 rings (SSSR count). The minimum Gasteiger partial charge on any atom is -0.481 e. The summed E-state index contributed by atoms with van der Waals surface area (Å²) in [6, 6.07) is 7.82. The summed E-state index contributed by atoms with van der Waals surface area (Å²) in [4.78, 5) is 6.81. The Bertz CT molecular complexity index is 1480. The van der Waals surface area contributed by atoms with E-state index in [4.69, 9.17) is 4.74 Å². The molecular formula is C25H31N7O3S. The highest BCUT2D eigenvalue weighted by atomic mass is 32.2. The Balaban J connectivity index is 1.37. The Morgan fingerprint density at radius 1 is 1.11 bits per heavy atom. The molecule has 3 aromatic heterocycles. The minimum absolute atomic E-state index is 0.179. The Kier molecular flexibility index (Phi) is 6.44. The van der Waals surface area contributed by atoms with Gasteiger partial charge >= 0.3 is 0 Å². The fraction of sp³-hybridized carbons (Fsp3) is 0.400. The van der Waals surface area contributed by atoms with Gasteiger partial charge in [-0.2, -0.15) is 14.5 Å². The molecule has 36 heavy (non-hydrogen) atoms. The monoisotopic (exact) mass is 509 g/mol. The summed E-state index contributed by atoms with van der Waals surface area (Å²) >= 11 is 0. The lowest BCUT2D eigenvalue weighted by Gasteiger charge is -2.40. The van der Waals surface area contributed by atoms with Crippen LogP contribution >= 0.6 is 0 Å². The van der Waals surface area contributed by atoms with Gasteiger partial charge < -0.3 is 9.64 Å². The number of fused-ring (bicyclic) bond motifs is 1. The van der Waals surface area contributed by atoms with Crippen LogP contribution in [0.3, 0.4) is 0 Å². The van der Waals surface area contributed by atoms with E-state index in [1.165, 1.54) is 6.20 Å². The van der Waals surface area contributed by atoms with Gasteiger partial charge in [-0.25, -0.2) is 18.1 Å². The van der Waals surface area contributed by atoms with Crippen molar-refractivity contribution in [3.63, 3.8) is 0 Å². The van der Waals surface area contributed by atoms with Crippen molar-refractivity contribution in [2.45, 2.75) is 44.7 Å². The Hall–Kier alpha value is -3.44. The van der Waals surface area contributed by atoms with E-state index in [1.54, 1.807) is 28.5 Å². The van der Waals surface area contributed by atoms with E-state index in [1.807, 2.05) is 36.9 Å². The largest absolute Gasteiger partial charge is 0.481 e. The predicted octanol–water partition coefficient (Wildman–Crippen LogP) is 3.24. The molecule has 0 unspecified atom stereocenters. The lowest BCUT2D eigenvalue weighted by atomic mass is 10.1. The summed E-state index contributed by atoms with van der Waals surface area (Å²) < 4.78 is 36.9. The van der Waals surface area contributed by atoms with Crippen molar-refractivity contribution in [1.29, 1.82) is 0 Å². The van der Waals surface area contributed by atoms with Crippen molar-refractivity contribution in [3.8, 4) is 11.6 Å². The Morgan fingerprint density at radius 2 is 1.94 bits per heavy atom. The van der Waals surface area contributed by atoms with E-state index in [0.717, 1.165) is 34.3 Å². The number of piperazine rings is 1. The second kappa shape index (κ2) is 9.55. The number of hydrogen-bond acceptors (Lipinski definition) is 7. The Morgan fingerprint density at radius 3 is 2.64 bits per heavy atom. The summed E-state index contributed by atoms with van der Waals surface area (Å²) in [5.74, 6) is 0.554. The van der Waals surface area contributed by atoms with Crippen LogP contribution in [-0.4, -0.2) is 70.1 Å². The van der Waals surface area contributed by atoms with Gasteiger partial charge in [0.1, 0.15) is 4.90 Å². The molecule has 1 atom stereocenters. The molecule has 10 nitrogen and oxygen atoms in total. The molecule has 1 aliphatic heterocycles. The lowest BCUT2D eigenvalue weighted by molar-refractivity contribution is 0.306. The summed E-state index contributed by atoms with van der Waals surface area (Å²) in [7, 11) is -2.01. The molecule has 0 spiro atoms. The van der Waals surface area contributed by atoms with Gasteiger partial charge in [0.2, 0.25) is 15.9 Å². The van der Waals surface area contributed by atoms with Crippen LogP contribution in [0, 0.1) is 6.92 Å². The van der Waals surface area contributed by atoms with Gasteiger partial charge in [-0.15, -0.1) is 0 Å². The molecule has 1 aliphatic rings. The molecule has 1 fully saturated rings. The number of aryl methyl sites for hydroxylation is 2. The van der Waals surface area contributed by atoms with Crippen LogP contribution in [0.4, 0.5) is 5.69 Å². The van der Waals surface area contributed by atoms with E-state index in [0.29, 0.717) is 32.1 Å². The van der Waals surface area contributed by atoms with Crippen molar-refractivity contribution in [2.24, 2.45) is 0 Å². The van der Waals surface area contributed by atoms with Gasteiger partial charge in [0.25, 0.3) is 0 Å². The zero-order valence-corrected chi connectivity index (χ0v) is 21.8. The SMILES string of the molecule is CCCn1cc(S(=O)(=O)N2CCN(c3cc4cnn(-c5ccc(OC)nc5)c4cc3C)C[C@H]2C)cn1. The lowest BCUT2D eigenvalue weighted by Crippen LogP contribution is -2.54. The highest BCUT2D eigenvalue weighted by Gasteiger charge is 2.35. The number of hydrogen-bond donors (Lipinski definition) is 0. The topological polar surface area (TPSA) is 98.4 Å². The van der Waals surface area contributed by atoms with Gasteiger partial charge in [-0.05, 0) is 44.0 Å². The number of pyridine rings is 1. The molecule has 0 N–H and O–H groups in total. The fourth-order valence-electron chi connectivity index (χ4n) is 4.81. The van der Waals surface area contributed by atoms with Crippen molar-refractivity contribution in [3.05, 3.63) is 54.6 Å². The zero-order chi connectivity index (χ0) is 25.4. The van der Waals surface area contributed by atoms with Crippen molar-refractivity contribution in [1.82, 2.24) is 28.9 Å². The van der Waals surface area contributed by atoms with Gasteiger partial charge in [0.15, 0.2) is 0 Å². The highest BCUT2D eigenvalue weighted by Crippen LogP contribution is 2.31. The van der Waals surface area contributed by atoms with Crippen LogP contribution < -0.4 is 9.64 Å². The smallest absolute Gasteiger partial charge is 0.246 e. The standard InChI is InChI=1S/C25H31N7O3S/c1-5-8-30-17-22(15-27-30)36(33,34)31-10-9-29(16-19(31)3)23-12-20-13-28-32(24(20)11-18(23)2)21-6-7-25(35-4)26-14-21/h6-7,11-15,17,19H,5,8-10,16H2,1-4H3/t19-/m1/s1. The number of aromatic nitrogens is 5. The number of nitrogens with zero attached hydrogens (tertiary/aromatic N) is 7. The number of rotatable bonds is 7. The van der Waals surface area contributed by atoms with Crippen LogP contribution in [0.15, 0.2) is 53.9 Å². The number of anilines is 1. The highest BCUT2D eigenvalue weighted by molar-refractivity contribution is 7.89. The molecule has 0 aliphatic carbocycles. The third kappa shape index (κ3) is 4.33. The van der Waals surface area contributed by atoms with Crippen LogP contribution in [0.2, 0.25) is 0 Å². The predicted molar refractivity (Wildman–Crippen MR) is 138 cm³/mol. The van der Waals surface area contributed by atoms with E-state index in [2.05, 4.69) is 39.1 Å². The molecule has 0 saturated carbocycles. The molecule has 190 valence electrons. The molecule has 1 aromatic carbocycles. The fourth-order valence-corrected chi connectivity index (χ4v) is 6.38. The average Bonchev–Trinajstić information content (AvgIpc) is 3.51. The first-order valence-corrected chi connectivity index (χ1v) is 13.5. The van der Waals surface area contributed by atoms with Gasteiger partial charge in [-0.1, -0.05) is 6.92 Å². The first kappa shape index (κ1) is 24.3. The number of sulfonamides is 1. The third-order valence-electron chi connectivity index (χ3n) is 6.64. The second-order valence-corrected chi connectivity index (χ2v) is 11.1. The van der Waals surface area contributed by atoms with Gasteiger partial charge in [0.05, 0.1) is 36.9 Å². The van der Waals surface area contributed by atoms with Crippen LogP contribution in [0.25, 0.3) is 16.6 Å². The summed E-state index contributed by atoms with van der Waals surface area (Å²) in [5, 5.41) is 9.80. The molecule has 4 heterocycles. The molecule has 0 bridgehead atoms. The molecule has 0 radical (unpaired) electrons. The van der Waals surface area contributed by atoms with Crippen LogP contribution in [0.5, 0.6) is 5.88 Å². The normalized spacial score (nSPS) is 17.1. The van der Waals surface area contributed by atoms with E-state index in [9.17, 15) is 8.42 Å². The second-order valence-electron chi connectivity index (χ2n) is 9.16. The summed E-state index contributed by atoms with van der Waals surface area (Å²) in [6.45, 7) is 8.40. The molecule has 4 aromatic rings. The summed E-state index contributed by atoms with van der Waals surface area (Å²) in [6.07, 6.45) is 7.57. The quantitative estimate of drug-likeness (QED) is 0.377. The number of methoxy groups -OCH3 is 1. The third-order valence-corrected chi connectivity index (χ3v) is 8.60. The number of benzene rings is 1. The number of ether oxygens (including phenoxy) is 1. The van der Waals surface area contributed by atoms with Crippen molar-refractivity contribution >= 4 is 26.6 Å². The van der Waals surface area contributed by atoms with Crippen LogP contribution in [-0.2, 0) is 16.6 Å².